The number of aliphatic hydroxyl groups excluding tert-OH is 1. The third kappa shape index (κ3) is 3.07. The fourth-order valence-electron chi connectivity index (χ4n) is 5.40. The van der Waals surface area contributed by atoms with Crippen molar-refractivity contribution in [3.05, 3.63) is 83.2 Å². The fourth-order valence-corrected chi connectivity index (χ4v) is 5.40. The van der Waals surface area contributed by atoms with Gasteiger partial charge >= 0.3 is 0 Å². The number of allylic oxidation sites excluding steroid dienone is 1. The van der Waals surface area contributed by atoms with Gasteiger partial charge in [-0.15, -0.1) is 0 Å². The lowest BCUT2D eigenvalue weighted by Gasteiger charge is -2.47. The molecule has 0 unspecified atom stereocenters. The molecule has 3 atom stereocenters. The number of aliphatic hydroxyl groups is 1. The first kappa shape index (κ1) is 19.1. The normalized spacial score (nSPS) is 23.8. The summed E-state index contributed by atoms with van der Waals surface area (Å²) >= 11 is 0. The predicted molar refractivity (Wildman–Crippen MR) is 119 cm³/mol. The van der Waals surface area contributed by atoms with Crippen LogP contribution in [0, 0.1) is 11.3 Å². The summed E-state index contributed by atoms with van der Waals surface area (Å²) in [5, 5.41) is 16.0. The number of ether oxygens (including phenoxy) is 1. The fraction of sp³-hybridized carbons (Fsp3) is 0.346. The van der Waals surface area contributed by atoms with Gasteiger partial charge in [0, 0.05) is 0 Å². The second-order valence-electron chi connectivity index (χ2n) is 8.78. The monoisotopic (exact) mass is 400 g/mol. The Bertz CT molecular complexity index is 1070. The minimum absolute atomic E-state index is 0.0473. The van der Waals surface area contributed by atoms with Crippen molar-refractivity contribution < 1.29 is 9.84 Å². The molecule has 4 heteroatoms. The Morgan fingerprint density at radius 2 is 1.90 bits per heavy atom. The summed E-state index contributed by atoms with van der Waals surface area (Å²) in [4.78, 5) is 0. The second-order valence-corrected chi connectivity index (χ2v) is 8.78. The van der Waals surface area contributed by atoms with E-state index in [9.17, 15) is 5.11 Å². The quantitative estimate of drug-likeness (QED) is 0.641. The highest BCUT2D eigenvalue weighted by molar-refractivity contribution is 5.61. The number of rotatable bonds is 4. The summed E-state index contributed by atoms with van der Waals surface area (Å²) in [5.74, 6) is 1.05. The van der Waals surface area contributed by atoms with Gasteiger partial charge in [0.25, 0.3) is 0 Å². The Balaban J connectivity index is 1.51. The van der Waals surface area contributed by atoms with Crippen LogP contribution in [0.1, 0.15) is 49.1 Å². The lowest BCUT2D eigenvalue weighted by Crippen LogP contribution is -2.40. The van der Waals surface area contributed by atoms with Gasteiger partial charge in [-0.05, 0) is 78.5 Å². The Kier molecular flexibility index (Phi) is 4.75. The molecule has 0 aliphatic heterocycles. The maximum Gasteiger partial charge on any atom is 0.119 e. The Hall–Kier alpha value is -2.85. The van der Waals surface area contributed by atoms with Gasteiger partial charge in [-0.2, -0.15) is 5.10 Å². The standard InChI is InChI=1S/C26H28N2O2/c1-26-16-19-17-27-28(21-11-13-22(30-2)14-12-21)24(19)15-20(26)9-6-10-23(26)25(29)18-7-4-3-5-8-18/h3-5,7-8,11-15,17,23,25,29H,6,9-10,16H2,1-2H3/t23-,25+,26+/m1/s1. The number of hydrogen-bond acceptors (Lipinski definition) is 3. The van der Waals surface area contributed by atoms with Crippen LogP contribution < -0.4 is 4.74 Å². The number of hydrogen-bond donors (Lipinski definition) is 1. The van der Waals surface area contributed by atoms with E-state index in [-0.39, 0.29) is 11.3 Å². The van der Waals surface area contributed by atoms with Gasteiger partial charge in [0.05, 0.1) is 30.8 Å². The van der Waals surface area contributed by atoms with E-state index in [1.54, 1.807) is 7.11 Å². The lowest BCUT2D eigenvalue weighted by molar-refractivity contribution is 0.0217. The van der Waals surface area contributed by atoms with E-state index < -0.39 is 6.10 Å². The van der Waals surface area contributed by atoms with Crippen molar-refractivity contribution in [1.82, 2.24) is 9.78 Å². The molecule has 0 amide bonds. The van der Waals surface area contributed by atoms with Crippen molar-refractivity contribution in [1.29, 1.82) is 0 Å². The van der Waals surface area contributed by atoms with Gasteiger partial charge in [-0.25, -0.2) is 4.68 Å². The van der Waals surface area contributed by atoms with Gasteiger partial charge in [0.2, 0.25) is 0 Å². The van der Waals surface area contributed by atoms with Crippen LogP contribution in [0.3, 0.4) is 0 Å². The summed E-state index contributed by atoms with van der Waals surface area (Å²) < 4.78 is 7.31. The Labute approximate surface area is 177 Å². The van der Waals surface area contributed by atoms with Gasteiger partial charge < -0.3 is 9.84 Å². The highest BCUT2D eigenvalue weighted by Crippen LogP contribution is 2.54. The van der Waals surface area contributed by atoms with E-state index >= 15 is 0 Å². The topological polar surface area (TPSA) is 47.3 Å². The molecule has 2 aliphatic carbocycles. The van der Waals surface area contributed by atoms with Crippen molar-refractivity contribution in [2.75, 3.05) is 7.11 Å². The molecule has 5 rings (SSSR count). The molecule has 1 saturated carbocycles. The number of benzene rings is 2. The molecular weight excluding hydrogens is 372 g/mol. The van der Waals surface area contributed by atoms with E-state index in [0.29, 0.717) is 0 Å². The molecule has 0 radical (unpaired) electrons. The van der Waals surface area contributed by atoms with Crippen molar-refractivity contribution in [3.63, 3.8) is 0 Å². The van der Waals surface area contributed by atoms with E-state index in [2.05, 4.69) is 13.0 Å². The average molecular weight is 401 g/mol. The van der Waals surface area contributed by atoms with Crippen LogP contribution in [0.2, 0.25) is 0 Å². The molecule has 0 spiro atoms. The van der Waals surface area contributed by atoms with E-state index in [0.717, 1.165) is 42.7 Å². The molecule has 2 aliphatic rings. The number of nitrogens with zero attached hydrogens (tertiary/aromatic N) is 2. The van der Waals surface area contributed by atoms with Crippen LogP contribution in [0.4, 0.5) is 0 Å². The third-order valence-electron chi connectivity index (χ3n) is 7.11. The molecule has 30 heavy (non-hydrogen) atoms. The van der Waals surface area contributed by atoms with Crippen molar-refractivity contribution in [2.24, 2.45) is 11.3 Å². The summed E-state index contributed by atoms with van der Waals surface area (Å²) in [5.41, 5.74) is 5.87. The first-order valence-electron chi connectivity index (χ1n) is 10.8. The van der Waals surface area contributed by atoms with E-state index in [4.69, 9.17) is 9.84 Å². The lowest BCUT2D eigenvalue weighted by atomic mass is 9.57. The zero-order valence-electron chi connectivity index (χ0n) is 17.6. The van der Waals surface area contributed by atoms with Gasteiger partial charge in [0.15, 0.2) is 0 Å². The van der Waals surface area contributed by atoms with Crippen molar-refractivity contribution in [2.45, 2.75) is 38.7 Å². The zero-order chi connectivity index (χ0) is 20.7. The molecule has 1 aromatic heterocycles. The average Bonchev–Trinajstić information content (AvgIpc) is 3.19. The van der Waals surface area contributed by atoms with Crippen LogP contribution in [0.5, 0.6) is 5.75 Å². The summed E-state index contributed by atoms with van der Waals surface area (Å²) in [6, 6.07) is 18.1. The van der Waals surface area contributed by atoms with Gasteiger partial charge in [-0.1, -0.05) is 42.8 Å². The van der Waals surface area contributed by atoms with Crippen molar-refractivity contribution in [3.8, 4) is 11.4 Å². The number of aromatic nitrogens is 2. The Morgan fingerprint density at radius 3 is 2.63 bits per heavy atom. The molecule has 4 nitrogen and oxygen atoms in total. The highest BCUT2D eigenvalue weighted by Gasteiger charge is 2.46. The molecular formula is C26H28N2O2. The van der Waals surface area contributed by atoms with Gasteiger partial charge in [0.1, 0.15) is 5.75 Å². The SMILES string of the molecule is COc1ccc(-n2ncc3c2C=C2CCC[C@H]([C@@H](O)c4ccccc4)[C@@]2(C)C3)cc1. The van der Waals surface area contributed by atoms with Gasteiger partial charge in [-0.3, -0.25) is 0 Å². The van der Waals surface area contributed by atoms with E-state index in [1.807, 2.05) is 65.5 Å². The van der Waals surface area contributed by atoms with Crippen LogP contribution in [0.25, 0.3) is 11.8 Å². The highest BCUT2D eigenvalue weighted by atomic mass is 16.5. The first-order valence-corrected chi connectivity index (χ1v) is 10.8. The third-order valence-corrected chi connectivity index (χ3v) is 7.11. The number of fused-ring (bicyclic) bond motifs is 2. The minimum atomic E-state index is -0.446. The van der Waals surface area contributed by atoms with Crippen LogP contribution in [-0.2, 0) is 6.42 Å². The summed E-state index contributed by atoms with van der Waals surface area (Å²) in [6.07, 6.45) is 8.05. The summed E-state index contributed by atoms with van der Waals surface area (Å²) in [7, 11) is 1.68. The summed E-state index contributed by atoms with van der Waals surface area (Å²) in [6.45, 7) is 2.34. The molecule has 0 saturated heterocycles. The zero-order valence-corrected chi connectivity index (χ0v) is 17.6. The second kappa shape index (κ2) is 7.44. The molecule has 1 heterocycles. The van der Waals surface area contributed by atoms with Crippen LogP contribution in [0.15, 0.2) is 66.4 Å². The first-order chi connectivity index (χ1) is 14.6. The maximum atomic E-state index is 11.3. The van der Waals surface area contributed by atoms with E-state index in [1.165, 1.54) is 16.8 Å². The number of methoxy groups -OCH3 is 1. The molecule has 1 fully saturated rings. The molecule has 154 valence electrons. The minimum Gasteiger partial charge on any atom is -0.497 e. The van der Waals surface area contributed by atoms with Crippen LogP contribution >= 0.6 is 0 Å². The molecule has 3 aromatic rings. The molecule has 1 N–H and O–H groups in total. The maximum absolute atomic E-state index is 11.3. The smallest absolute Gasteiger partial charge is 0.119 e. The molecule has 0 bridgehead atoms. The van der Waals surface area contributed by atoms with Crippen molar-refractivity contribution >= 4 is 6.08 Å². The Morgan fingerprint density at radius 1 is 1.13 bits per heavy atom. The largest absolute Gasteiger partial charge is 0.497 e. The van der Waals surface area contributed by atoms with Crippen LogP contribution in [-0.4, -0.2) is 22.0 Å². The molecule has 2 aromatic carbocycles. The predicted octanol–water partition coefficient (Wildman–Crippen LogP) is 5.36.